The molecule has 4 rings (SSSR count). The highest BCUT2D eigenvalue weighted by atomic mass is 16.3. The van der Waals surface area contributed by atoms with Crippen molar-refractivity contribution in [1.29, 1.82) is 5.26 Å². The van der Waals surface area contributed by atoms with Gasteiger partial charge in [-0.2, -0.15) is 5.26 Å². The molecule has 0 fully saturated rings. The molecule has 0 spiro atoms. The molecule has 0 bridgehead atoms. The Balaban J connectivity index is 1.79. The maximum Gasteiger partial charge on any atom is 0.270 e. The number of Topliss-reactive ketones (excluding diaryl/α,β-unsaturated/α-hetero) is 1. The van der Waals surface area contributed by atoms with Crippen LogP contribution in [0.5, 0.6) is 5.75 Å². The first-order chi connectivity index (χ1) is 14.5. The van der Waals surface area contributed by atoms with Crippen LogP contribution in [0.3, 0.4) is 0 Å². The fourth-order valence-electron chi connectivity index (χ4n) is 3.87. The van der Waals surface area contributed by atoms with Crippen molar-refractivity contribution in [3.8, 4) is 11.8 Å². The number of carbonyl (C=O) groups is 2. The number of hydrogen-bond acceptors (Lipinski definition) is 7. The summed E-state index contributed by atoms with van der Waals surface area (Å²) in [6, 6.07) is 11.4. The van der Waals surface area contributed by atoms with Crippen LogP contribution < -0.4 is 11.2 Å². The molecule has 1 amide bonds. The molecule has 150 valence electrons. The lowest BCUT2D eigenvalue weighted by molar-refractivity contribution is -0.116. The van der Waals surface area contributed by atoms with Crippen LogP contribution >= 0.6 is 0 Å². The number of hydrazine groups is 1. The van der Waals surface area contributed by atoms with Crippen LogP contribution in [-0.2, 0) is 4.79 Å². The van der Waals surface area contributed by atoms with Crippen molar-refractivity contribution in [3.63, 3.8) is 0 Å². The quantitative estimate of drug-likeness (QED) is 0.718. The second-order valence-electron chi connectivity index (χ2n) is 7.09. The molecule has 2 aromatic rings. The van der Waals surface area contributed by atoms with E-state index in [9.17, 15) is 20.0 Å². The molecule has 4 N–H and O–H groups in total. The Morgan fingerprint density at radius 1 is 1.27 bits per heavy atom. The predicted octanol–water partition coefficient (Wildman–Crippen LogP) is 2.23. The summed E-state index contributed by atoms with van der Waals surface area (Å²) >= 11 is 0. The summed E-state index contributed by atoms with van der Waals surface area (Å²) in [6.07, 6.45) is 4.76. The Morgan fingerprint density at radius 2 is 2.03 bits per heavy atom. The number of ketones is 1. The predicted molar refractivity (Wildman–Crippen MR) is 107 cm³/mol. The molecule has 0 saturated carbocycles. The van der Waals surface area contributed by atoms with Gasteiger partial charge < -0.3 is 10.8 Å². The molecular weight excluding hydrogens is 382 g/mol. The van der Waals surface area contributed by atoms with E-state index in [4.69, 9.17) is 5.73 Å². The van der Waals surface area contributed by atoms with E-state index >= 15 is 0 Å². The summed E-state index contributed by atoms with van der Waals surface area (Å²) in [6.45, 7) is 0. The van der Waals surface area contributed by atoms with E-state index in [1.54, 1.807) is 24.5 Å². The van der Waals surface area contributed by atoms with Crippen molar-refractivity contribution in [1.82, 2.24) is 15.4 Å². The maximum atomic E-state index is 12.9. The molecule has 0 radical (unpaired) electrons. The van der Waals surface area contributed by atoms with E-state index in [1.807, 2.05) is 0 Å². The fourth-order valence-corrected chi connectivity index (χ4v) is 3.87. The number of nitriles is 1. The first kappa shape index (κ1) is 19.2. The molecular formula is C22H19N5O3. The minimum absolute atomic E-state index is 0.0397. The first-order valence-electron chi connectivity index (χ1n) is 9.47. The summed E-state index contributed by atoms with van der Waals surface area (Å²) in [7, 11) is 0. The van der Waals surface area contributed by atoms with Crippen LogP contribution in [0.4, 0.5) is 0 Å². The van der Waals surface area contributed by atoms with Gasteiger partial charge in [0.05, 0.1) is 17.6 Å². The second kappa shape index (κ2) is 7.72. The van der Waals surface area contributed by atoms with Crippen molar-refractivity contribution in [2.45, 2.75) is 25.2 Å². The number of phenols is 1. The van der Waals surface area contributed by atoms with Gasteiger partial charge in [-0.05, 0) is 48.7 Å². The van der Waals surface area contributed by atoms with E-state index in [2.05, 4.69) is 16.5 Å². The summed E-state index contributed by atoms with van der Waals surface area (Å²) in [4.78, 5) is 29.8. The third kappa shape index (κ3) is 3.26. The molecule has 8 nitrogen and oxygen atoms in total. The van der Waals surface area contributed by atoms with E-state index in [-0.39, 0.29) is 22.9 Å². The lowest BCUT2D eigenvalue weighted by atomic mass is 9.76. The van der Waals surface area contributed by atoms with E-state index in [1.165, 1.54) is 29.3 Å². The standard InChI is InChI=1S/C22H19N5O3/c23-11-16-19(14-3-2-10-25-12-14)20-17(4-1-5-18(20)29)27(21(16)24)26-22(30)13-6-8-15(28)9-7-13/h2-3,6-10,12,19,28H,1,4-5,24H2,(H,26,30). The van der Waals surface area contributed by atoms with Crippen LogP contribution in [0.25, 0.3) is 0 Å². The van der Waals surface area contributed by atoms with E-state index in [0.717, 1.165) is 0 Å². The number of rotatable bonds is 3. The van der Waals surface area contributed by atoms with Crippen molar-refractivity contribution in [2.24, 2.45) is 5.73 Å². The minimum atomic E-state index is -0.617. The molecule has 1 atom stereocenters. The molecule has 1 aliphatic heterocycles. The molecule has 30 heavy (non-hydrogen) atoms. The number of pyridine rings is 1. The lowest BCUT2D eigenvalue weighted by Crippen LogP contribution is -2.48. The number of benzene rings is 1. The maximum absolute atomic E-state index is 12.9. The number of allylic oxidation sites excluding steroid dienone is 3. The highest BCUT2D eigenvalue weighted by Gasteiger charge is 2.40. The average Bonchev–Trinajstić information content (AvgIpc) is 2.76. The van der Waals surface area contributed by atoms with Gasteiger partial charge in [0.1, 0.15) is 11.6 Å². The Labute approximate surface area is 172 Å². The monoisotopic (exact) mass is 401 g/mol. The van der Waals surface area contributed by atoms with Gasteiger partial charge in [0, 0.05) is 35.6 Å². The number of nitrogens with two attached hydrogens (primary N) is 1. The van der Waals surface area contributed by atoms with Gasteiger partial charge in [0.15, 0.2) is 5.78 Å². The molecule has 1 aromatic carbocycles. The van der Waals surface area contributed by atoms with Gasteiger partial charge in [0.25, 0.3) is 5.91 Å². The van der Waals surface area contributed by atoms with Crippen LogP contribution in [0.2, 0.25) is 0 Å². The SMILES string of the molecule is N#CC1=C(N)N(NC(=O)c2ccc(O)cc2)C2=C(C(=O)CCC2)C1c1cccnc1. The van der Waals surface area contributed by atoms with Crippen molar-refractivity contribution in [2.75, 3.05) is 0 Å². The summed E-state index contributed by atoms with van der Waals surface area (Å²) in [5.41, 5.74) is 11.3. The van der Waals surface area contributed by atoms with Crippen LogP contribution in [0.1, 0.15) is 41.1 Å². The summed E-state index contributed by atoms with van der Waals surface area (Å²) in [5, 5.41) is 20.6. The normalized spacial score (nSPS) is 18.7. The Bertz CT molecular complexity index is 1110. The van der Waals surface area contributed by atoms with Gasteiger partial charge >= 0.3 is 0 Å². The number of carbonyl (C=O) groups excluding carboxylic acids is 2. The van der Waals surface area contributed by atoms with Crippen molar-refractivity contribution < 1.29 is 14.7 Å². The smallest absolute Gasteiger partial charge is 0.270 e. The number of aromatic hydroxyl groups is 1. The van der Waals surface area contributed by atoms with Gasteiger partial charge in [-0.3, -0.25) is 20.0 Å². The molecule has 8 heteroatoms. The molecule has 1 unspecified atom stereocenters. The van der Waals surface area contributed by atoms with Gasteiger partial charge in [-0.25, -0.2) is 5.01 Å². The highest BCUT2D eigenvalue weighted by molar-refractivity contribution is 6.00. The molecule has 2 heterocycles. The van der Waals surface area contributed by atoms with Crippen molar-refractivity contribution >= 4 is 11.7 Å². The van der Waals surface area contributed by atoms with Gasteiger partial charge in [-0.15, -0.1) is 0 Å². The van der Waals surface area contributed by atoms with Gasteiger partial charge in [0.2, 0.25) is 0 Å². The zero-order valence-electron chi connectivity index (χ0n) is 16.0. The Morgan fingerprint density at radius 3 is 2.70 bits per heavy atom. The van der Waals surface area contributed by atoms with E-state index < -0.39 is 11.8 Å². The average molecular weight is 401 g/mol. The molecule has 1 aromatic heterocycles. The number of aromatic nitrogens is 1. The van der Waals surface area contributed by atoms with Crippen LogP contribution in [-0.4, -0.2) is 26.8 Å². The third-order valence-electron chi connectivity index (χ3n) is 5.27. The Hall–Kier alpha value is -4.12. The van der Waals surface area contributed by atoms with Crippen LogP contribution in [0.15, 0.2) is 71.5 Å². The lowest BCUT2D eigenvalue weighted by Gasteiger charge is -2.39. The largest absolute Gasteiger partial charge is 0.508 e. The number of phenolic OH excluding ortho intramolecular Hbond substituents is 1. The van der Waals surface area contributed by atoms with Crippen LogP contribution in [0, 0.1) is 11.3 Å². The topological polar surface area (TPSA) is 132 Å². The van der Waals surface area contributed by atoms with Gasteiger partial charge in [-0.1, -0.05) is 6.07 Å². The molecule has 2 aliphatic rings. The number of hydrogen-bond donors (Lipinski definition) is 3. The summed E-state index contributed by atoms with van der Waals surface area (Å²) in [5.74, 6) is -1.05. The number of nitrogens with zero attached hydrogens (tertiary/aromatic N) is 3. The minimum Gasteiger partial charge on any atom is -0.508 e. The van der Waals surface area contributed by atoms with E-state index in [0.29, 0.717) is 41.7 Å². The molecule has 1 aliphatic carbocycles. The van der Waals surface area contributed by atoms with Crippen molar-refractivity contribution in [3.05, 3.63) is 82.6 Å². The first-order valence-corrected chi connectivity index (χ1v) is 9.47. The zero-order valence-corrected chi connectivity index (χ0v) is 16.0. The summed E-state index contributed by atoms with van der Waals surface area (Å²) < 4.78 is 0. The third-order valence-corrected chi connectivity index (χ3v) is 5.27. The zero-order chi connectivity index (χ0) is 21.3. The highest BCUT2D eigenvalue weighted by Crippen LogP contribution is 2.43. The fraction of sp³-hybridized carbons (Fsp3) is 0.182. The number of nitrogens with one attached hydrogen (secondary N) is 1. The second-order valence-corrected chi connectivity index (χ2v) is 7.09. The number of amides is 1. The molecule has 0 saturated heterocycles. The Kier molecular flexibility index (Phi) is 4.94.